The van der Waals surface area contributed by atoms with Gasteiger partial charge < -0.3 is 15.2 Å². The van der Waals surface area contributed by atoms with Crippen LogP contribution >= 0.6 is 11.6 Å². The lowest BCUT2D eigenvalue weighted by Crippen LogP contribution is -2.35. The number of rotatable bonds is 4. The van der Waals surface area contributed by atoms with Gasteiger partial charge in [-0.3, -0.25) is 4.79 Å². The van der Waals surface area contributed by atoms with Crippen LogP contribution in [0.1, 0.15) is 21.5 Å². The molecule has 1 N–H and O–H groups in total. The summed E-state index contributed by atoms with van der Waals surface area (Å²) in [6.07, 6.45) is 1.32. The molecule has 0 fully saturated rings. The molecular weight excluding hydrogens is 302 g/mol. The molecule has 0 radical (unpaired) electrons. The predicted molar refractivity (Wildman–Crippen MR) is 83.1 cm³/mol. The number of nitrogens with one attached hydrogen (secondary N) is 1. The minimum atomic E-state index is -1.46. The van der Waals surface area contributed by atoms with Gasteiger partial charge in [-0.25, -0.2) is 0 Å². The van der Waals surface area contributed by atoms with Crippen LogP contribution in [0.25, 0.3) is 6.08 Å². The monoisotopic (exact) mass is 314 g/mol. The first-order chi connectivity index (χ1) is 10.5. The van der Waals surface area contributed by atoms with Crippen molar-refractivity contribution in [3.8, 4) is 0 Å². The maximum absolute atomic E-state index is 12.1. The highest BCUT2D eigenvalue weighted by Crippen LogP contribution is 2.12. The molecule has 112 valence electrons. The molecule has 0 aromatic heterocycles. The number of hydrogen-bond acceptors (Lipinski definition) is 3. The van der Waals surface area contributed by atoms with Crippen molar-refractivity contribution in [2.24, 2.45) is 0 Å². The van der Waals surface area contributed by atoms with E-state index in [-0.39, 0.29) is 5.70 Å². The van der Waals surface area contributed by atoms with Crippen LogP contribution in [0.2, 0.25) is 5.02 Å². The fourth-order valence-corrected chi connectivity index (χ4v) is 1.90. The number of carbonyl (C=O) groups is 2. The SMILES string of the molecule is Cc1ccc(C(=O)N/C(=C/c2ccc(Cl)cc2)C(=O)[O-])cc1. The van der Waals surface area contributed by atoms with E-state index in [0.717, 1.165) is 5.56 Å². The Morgan fingerprint density at radius 1 is 1.05 bits per heavy atom. The summed E-state index contributed by atoms with van der Waals surface area (Å²) in [5.74, 6) is -1.97. The molecule has 0 aliphatic carbocycles. The van der Waals surface area contributed by atoms with Gasteiger partial charge in [-0.05, 0) is 42.8 Å². The predicted octanol–water partition coefficient (Wildman–Crippen LogP) is 2.17. The van der Waals surface area contributed by atoms with E-state index in [9.17, 15) is 14.7 Å². The Labute approximate surface area is 133 Å². The Hall–Kier alpha value is -2.59. The lowest BCUT2D eigenvalue weighted by molar-refractivity contribution is -0.299. The van der Waals surface area contributed by atoms with E-state index < -0.39 is 11.9 Å². The molecule has 4 nitrogen and oxygen atoms in total. The fraction of sp³-hybridized carbons (Fsp3) is 0.0588. The summed E-state index contributed by atoms with van der Waals surface area (Å²) in [6, 6.07) is 13.3. The number of carboxylic acids is 1. The van der Waals surface area contributed by atoms with Crippen molar-refractivity contribution < 1.29 is 14.7 Å². The summed E-state index contributed by atoms with van der Waals surface area (Å²) in [6.45, 7) is 1.90. The van der Waals surface area contributed by atoms with Crippen LogP contribution < -0.4 is 10.4 Å². The molecule has 0 saturated carbocycles. The Bertz CT molecular complexity index is 719. The van der Waals surface area contributed by atoms with Gasteiger partial charge in [-0.2, -0.15) is 0 Å². The van der Waals surface area contributed by atoms with Crippen molar-refractivity contribution >= 4 is 29.6 Å². The van der Waals surface area contributed by atoms with E-state index in [1.165, 1.54) is 6.08 Å². The number of benzene rings is 2. The Kier molecular flexibility index (Phi) is 4.96. The van der Waals surface area contributed by atoms with Gasteiger partial charge in [-0.1, -0.05) is 41.4 Å². The molecule has 0 atom stereocenters. The highest BCUT2D eigenvalue weighted by atomic mass is 35.5. The first-order valence-corrected chi connectivity index (χ1v) is 6.90. The molecule has 1 amide bonds. The zero-order valence-corrected chi connectivity index (χ0v) is 12.6. The molecule has 0 unspecified atom stereocenters. The van der Waals surface area contributed by atoms with Gasteiger partial charge >= 0.3 is 0 Å². The number of carbonyl (C=O) groups excluding carboxylic acids is 2. The summed E-state index contributed by atoms with van der Waals surface area (Å²) in [5, 5.41) is 14.1. The maximum Gasteiger partial charge on any atom is 0.255 e. The average molecular weight is 315 g/mol. The van der Waals surface area contributed by atoms with Gasteiger partial charge in [-0.15, -0.1) is 0 Å². The molecule has 0 heterocycles. The van der Waals surface area contributed by atoms with E-state index in [4.69, 9.17) is 11.6 Å². The highest BCUT2D eigenvalue weighted by Gasteiger charge is 2.08. The zero-order valence-electron chi connectivity index (χ0n) is 11.8. The van der Waals surface area contributed by atoms with Crippen LogP contribution in [0.15, 0.2) is 54.2 Å². The molecule has 0 bridgehead atoms. The Balaban J connectivity index is 2.21. The first kappa shape index (κ1) is 15.8. The normalized spacial score (nSPS) is 11.1. The van der Waals surface area contributed by atoms with Gasteiger partial charge in [0, 0.05) is 10.6 Å². The largest absolute Gasteiger partial charge is 0.543 e. The van der Waals surface area contributed by atoms with E-state index in [0.29, 0.717) is 16.1 Å². The third kappa shape index (κ3) is 4.20. The second-order valence-corrected chi connectivity index (χ2v) is 5.15. The van der Waals surface area contributed by atoms with Crippen molar-refractivity contribution in [3.63, 3.8) is 0 Å². The number of aliphatic carboxylic acids is 1. The second kappa shape index (κ2) is 6.91. The third-order valence-electron chi connectivity index (χ3n) is 2.96. The number of carboxylic acid groups (broad SMARTS) is 1. The molecule has 0 spiro atoms. The smallest absolute Gasteiger partial charge is 0.255 e. The van der Waals surface area contributed by atoms with Gasteiger partial charge in [0.25, 0.3) is 5.91 Å². The summed E-state index contributed by atoms with van der Waals surface area (Å²) in [7, 11) is 0. The summed E-state index contributed by atoms with van der Waals surface area (Å²) in [4.78, 5) is 23.2. The number of amides is 1. The van der Waals surface area contributed by atoms with Crippen LogP contribution in [0, 0.1) is 6.92 Å². The summed E-state index contributed by atoms with van der Waals surface area (Å²) < 4.78 is 0. The van der Waals surface area contributed by atoms with E-state index in [1.807, 2.05) is 6.92 Å². The van der Waals surface area contributed by atoms with Crippen molar-refractivity contribution in [2.45, 2.75) is 6.92 Å². The molecule has 0 saturated heterocycles. The summed E-state index contributed by atoms with van der Waals surface area (Å²) >= 11 is 5.77. The minimum absolute atomic E-state index is 0.312. The minimum Gasteiger partial charge on any atom is -0.543 e. The number of hydrogen-bond donors (Lipinski definition) is 1. The summed E-state index contributed by atoms with van der Waals surface area (Å²) in [5.41, 5.74) is 1.66. The molecular formula is C17H13ClNO3-. The highest BCUT2D eigenvalue weighted by molar-refractivity contribution is 6.30. The topological polar surface area (TPSA) is 69.2 Å². The van der Waals surface area contributed by atoms with Crippen LogP contribution in [0.3, 0.4) is 0 Å². The lowest BCUT2D eigenvalue weighted by atomic mass is 10.1. The molecule has 5 heteroatoms. The fourth-order valence-electron chi connectivity index (χ4n) is 1.77. The van der Waals surface area contributed by atoms with E-state index >= 15 is 0 Å². The van der Waals surface area contributed by atoms with Crippen molar-refractivity contribution in [3.05, 3.63) is 75.9 Å². The van der Waals surface area contributed by atoms with Gasteiger partial charge in [0.2, 0.25) is 0 Å². The standard InChI is InChI=1S/C17H14ClNO3/c1-11-2-6-13(7-3-11)16(20)19-15(17(21)22)10-12-4-8-14(18)9-5-12/h2-10H,1H3,(H,19,20)(H,21,22)/p-1/b15-10+. The molecule has 22 heavy (non-hydrogen) atoms. The van der Waals surface area contributed by atoms with Crippen molar-refractivity contribution in [1.29, 1.82) is 0 Å². The van der Waals surface area contributed by atoms with Crippen LogP contribution in [-0.4, -0.2) is 11.9 Å². The van der Waals surface area contributed by atoms with Gasteiger partial charge in [0.1, 0.15) is 0 Å². The first-order valence-electron chi connectivity index (χ1n) is 6.52. The van der Waals surface area contributed by atoms with E-state index in [2.05, 4.69) is 5.32 Å². The quantitative estimate of drug-likeness (QED) is 0.879. The molecule has 2 aromatic carbocycles. The zero-order chi connectivity index (χ0) is 16.1. The van der Waals surface area contributed by atoms with E-state index in [1.54, 1.807) is 48.5 Å². The van der Waals surface area contributed by atoms with Crippen LogP contribution in [-0.2, 0) is 4.79 Å². The third-order valence-corrected chi connectivity index (χ3v) is 3.21. The lowest BCUT2D eigenvalue weighted by Gasteiger charge is -2.11. The molecule has 0 aliphatic rings. The maximum atomic E-state index is 12.1. The van der Waals surface area contributed by atoms with Crippen molar-refractivity contribution in [2.75, 3.05) is 0 Å². The number of aryl methyl sites for hydroxylation is 1. The van der Waals surface area contributed by atoms with Crippen LogP contribution in [0.5, 0.6) is 0 Å². The van der Waals surface area contributed by atoms with Crippen LogP contribution in [0.4, 0.5) is 0 Å². The Morgan fingerprint density at radius 2 is 1.64 bits per heavy atom. The second-order valence-electron chi connectivity index (χ2n) is 4.72. The van der Waals surface area contributed by atoms with Gasteiger partial charge in [0.15, 0.2) is 0 Å². The average Bonchev–Trinajstić information content (AvgIpc) is 2.49. The van der Waals surface area contributed by atoms with Gasteiger partial charge in [0.05, 0.1) is 11.7 Å². The molecule has 2 rings (SSSR count). The Morgan fingerprint density at radius 3 is 2.18 bits per heavy atom. The molecule has 0 aliphatic heterocycles. The number of halogens is 1. The molecule has 2 aromatic rings. The van der Waals surface area contributed by atoms with Crippen molar-refractivity contribution in [1.82, 2.24) is 5.32 Å².